The van der Waals surface area contributed by atoms with E-state index in [4.69, 9.17) is 14.9 Å². The van der Waals surface area contributed by atoms with Crippen LogP contribution in [0.25, 0.3) is 0 Å². The van der Waals surface area contributed by atoms with Crippen molar-refractivity contribution in [1.29, 1.82) is 0 Å². The summed E-state index contributed by atoms with van der Waals surface area (Å²) in [7, 11) is 0. The molecule has 0 aromatic carbocycles. The van der Waals surface area contributed by atoms with Crippen molar-refractivity contribution in [2.24, 2.45) is 5.73 Å². The Kier molecular flexibility index (Phi) is 4.20. The van der Waals surface area contributed by atoms with Crippen LogP contribution in [0, 0.1) is 6.92 Å². The average molecular weight is 238 g/mol. The summed E-state index contributed by atoms with van der Waals surface area (Å²) in [5.41, 5.74) is 5.92. The van der Waals surface area contributed by atoms with Crippen LogP contribution < -0.4 is 5.73 Å². The molecule has 96 valence electrons. The summed E-state index contributed by atoms with van der Waals surface area (Å²) < 4.78 is 11.2. The van der Waals surface area contributed by atoms with E-state index in [0.717, 1.165) is 37.7 Å². The van der Waals surface area contributed by atoms with E-state index in [0.29, 0.717) is 12.6 Å². The van der Waals surface area contributed by atoms with Crippen LogP contribution in [0.1, 0.15) is 30.9 Å². The lowest BCUT2D eigenvalue weighted by Gasteiger charge is -2.39. The summed E-state index contributed by atoms with van der Waals surface area (Å²) in [6.07, 6.45) is 1.08. The van der Waals surface area contributed by atoms with Crippen molar-refractivity contribution >= 4 is 0 Å². The molecule has 0 bridgehead atoms. The molecular formula is C13H22N2O2. The van der Waals surface area contributed by atoms with Gasteiger partial charge in [0, 0.05) is 19.1 Å². The summed E-state index contributed by atoms with van der Waals surface area (Å²) in [5.74, 6) is 1.92. The Bertz CT molecular complexity index is 351. The van der Waals surface area contributed by atoms with Crippen molar-refractivity contribution in [2.45, 2.75) is 32.4 Å². The van der Waals surface area contributed by atoms with Gasteiger partial charge in [-0.05, 0) is 25.5 Å². The van der Waals surface area contributed by atoms with Crippen LogP contribution >= 0.6 is 0 Å². The molecule has 1 saturated heterocycles. The summed E-state index contributed by atoms with van der Waals surface area (Å²) in [5, 5.41) is 0. The number of nitrogens with two attached hydrogens (primary N) is 1. The van der Waals surface area contributed by atoms with Gasteiger partial charge in [0.25, 0.3) is 0 Å². The molecule has 2 unspecified atom stereocenters. The third kappa shape index (κ3) is 2.70. The summed E-state index contributed by atoms with van der Waals surface area (Å²) in [4.78, 5) is 2.42. The predicted octanol–water partition coefficient (Wildman–Crippen LogP) is 1.70. The molecule has 4 nitrogen and oxygen atoms in total. The van der Waals surface area contributed by atoms with Crippen LogP contribution in [0.2, 0.25) is 0 Å². The smallest absolute Gasteiger partial charge is 0.122 e. The van der Waals surface area contributed by atoms with Gasteiger partial charge in [-0.3, -0.25) is 4.90 Å². The second kappa shape index (κ2) is 5.67. The molecule has 0 aliphatic carbocycles. The summed E-state index contributed by atoms with van der Waals surface area (Å²) in [6, 6.07) is 4.66. The first-order valence-corrected chi connectivity index (χ1v) is 6.36. The van der Waals surface area contributed by atoms with Gasteiger partial charge in [-0.1, -0.05) is 6.92 Å². The van der Waals surface area contributed by atoms with Crippen LogP contribution in [0.3, 0.4) is 0 Å². The van der Waals surface area contributed by atoms with Gasteiger partial charge in [0.1, 0.15) is 11.5 Å². The van der Waals surface area contributed by atoms with E-state index in [1.54, 1.807) is 0 Å². The summed E-state index contributed by atoms with van der Waals surface area (Å²) in [6.45, 7) is 7.25. The van der Waals surface area contributed by atoms with Crippen LogP contribution in [0.15, 0.2) is 16.5 Å². The van der Waals surface area contributed by atoms with Crippen LogP contribution in [0.5, 0.6) is 0 Å². The van der Waals surface area contributed by atoms with Crippen molar-refractivity contribution in [2.75, 3.05) is 26.3 Å². The van der Waals surface area contributed by atoms with Crippen molar-refractivity contribution in [1.82, 2.24) is 4.90 Å². The predicted molar refractivity (Wildman–Crippen MR) is 66.8 cm³/mol. The third-order valence-corrected chi connectivity index (χ3v) is 3.46. The molecule has 4 heteroatoms. The molecule has 1 aliphatic heterocycles. The van der Waals surface area contributed by atoms with Crippen molar-refractivity contribution in [3.05, 3.63) is 23.7 Å². The van der Waals surface area contributed by atoms with E-state index in [-0.39, 0.29) is 6.04 Å². The van der Waals surface area contributed by atoms with Crippen molar-refractivity contribution < 1.29 is 9.15 Å². The topological polar surface area (TPSA) is 51.6 Å². The number of nitrogens with zero attached hydrogens (tertiary/aromatic N) is 1. The quantitative estimate of drug-likeness (QED) is 0.867. The molecule has 0 spiro atoms. The van der Waals surface area contributed by atoms with Gasteiger partial charge in [-0.15, -0.1) is 0 Å². The second-order valence-corrected chi connectivity index (χ2v) is 4.57. The highest BCUT2D eigenvalue weighted by Gasteiger charge is 2.30. The molecule has 1 aromatic rings. The van der Waals surface area contributed by atoms with Crippen LogP contribution in [-0.2, 0) is 4.74 Å². The maximum absolute atomic E-state index is 5.92. The number of morpholine rings is 1. The Hall–Kier alpha value is -0.840. The number of hydrogen-bond acceptors (Lipinski definition) is 4. The highest BCUT2D eigenvalue weighted by molar-refractivity contribution is 5.11. The molecule has 1 fully saturated rings. The number of rotatable bonds is 4. The van der Waals surface area contributed by atoms with Crippen LogP contribution in [-0.4, -0.2) is 37.2 Å². The van der Waals surface area contributed by atoms with Crippen molar-refractivity contribution in [3.8, 4) is 0 Å². The Morgan fingerprint density at radius 2 is 2.35 bits per heavy atom. The van der Waals surface area contributed by atoms with Gasteiger partial charge in [0.2, 0.25) is 0 Å². The minimum absolute atomic E-state index is 0.178. The number of ether oxygens (including phenoxy) is 1. The number of aryl methyl sites for hydroxylation is 1. The molecule has 2 heterocycles. The Balaban J connectivity index is 2.16. The zero-order chi connectivity index (χ0) is 12.3. The Morgan fingerprint density at radius 1 is 1.53 bits per heavy atom. The molecule has 17 heavy (non-hydrogen) atoms. The number of hydrogen-bond donors (Lipinski definition) is 1. The average Bonchev–Trinajstić information content (AvgIpc) is 2.77. The van der Waals surface area contributed by atoms with Crippen molar-refractivity contribution in [3.63, 3.8) is 0 Å². The van der Waals surface area contributed by atoms with E-state index in [1.807, 2.05) is 19.1 Å². The first-order valence-electron chi connectivity index (χ1n) is 6.36. The fraction of sp³-hybridized carbons (Fsp3) is 0.692. The van der Waals surface area contributed by atoms with Gasteiger partial charge >= 0.3 is 0 Å². The van der Waals surface area contributed by atoms with E-state index >= 15 is 0 Å². The summed E-state index contributed by atoms with van der Waals surface area (Å²) >= 11 is 0. The first-order chi connectivity index (χ1) is 8.26. The molecule has 1 aliphatic rings. The Morgan fingerprint density at radius 3 is 2.94 bits per heavy atom. The largest absolute Gasteiger partial charge is 0.465 e. The Labute approximate surface area is 103 Å². The zero-order valence-corrected chi connectivity index (χ0v) is 10.7. The van der Waals surface area contributed by atoms with Gasteiger partial charge in [-0.25, -0.2) is 0 Å². The van der Waals surface area contributed by atoms with Gasteiger partial charge in [-0.2, -0.15) is 0 Å². The molecule has 0 radical (unpaired) electrons. The van der Waals surface area contributed by atoms with E-state index in [2.05, 4.69) is 11.8 Å². The molecule has 2 rings (SSSR count). The van der Waals surface area contributed by atoms with Gasteiger partial charge in [0.05, 0.1) is 19.3 Å². The van der Waals surface area contributed by atoms with Crippen LogP contribution in [0.4, 0.5) is 0 Å². The minimum Gasteiger partial charge on any atom is -0.465 e. The SMILES string of the molecule is CCC1COCCN1C(CN)c1ccc(C)o1. The maximum atomic E-state index is 5.92. The van der Waals surface area contributed by atoms with Gasteiger partial charge in [0.15, 0.2) is 0 Å². The first kappa shape index (κ1) is 12.6. The molecule has 0 amide bonds. The monoisotopic (exact) mass is 238 g/mol. The van der Waals surface area contributed by atoms with E-state index in [1.165, 1.54) is 0 Å². The molecular weight excluding hydrogens is 216 g/mol. The molecule has 0 saturated carbocycles. The van der Waals surface area contributed by atoms with E-state index < -0.39 is 0 Å². The third-order valence-electron chi connectivity index (χ3n) is 3.46. The highest BCUT2D eigenvalue weighted by atomic mass is 16.5. The van der Waals surface area contributed by atoms with E-state index in [9.17, 15) is 0 Å². The highest BCUT2D eigenvalue weighted by Crippen LogP contribution is 2.26. The second-order valence-electron chi connectivity index (χ2n) is 4.57. The van der Waals surface area contributed by atoms with Gasteiger partial charge < -0.3 is 14.9 Å². The maximum Gasteiger partial charge on any atom is 0.122 e. The normalized spacial score (nSPS) is 23.8. The minimum atomic E-state index is 0.178. The lowest BCUT2D eigenvalue weighted by atomic mass is 10.1. The fourth-order valence-electron chi connectivity index (χ4n) is 2.48. The molecule has 1 aromatic heterocycles. The fourth-order valence-corrected chi connectivity index (χ4v) is 2.48. The number of furan rings is 1. The lowest BCUT2D eigenvalue weighted by Crippen LogP contribution is -2.48. The lowest BCUT2D eigenvalue weighted by molar-refractivity contribution is -0.0330. The standard InChI is InChI=1S/C13H22N2O2/c1-3-11-9-16-7-6-15(11)12(8-14)13-5-4-10(2)17-13/h4-5,11-12H,3,6-9,14H2,1-2H3. The molecule has 2 atom stereocenters. The molecule has 2 N–H and O–H groups in total. The zero-order valence-electron chi connectivity index (χ0n) is 10.7.